The van der Waals surface area contributed by atoms with Crippen LogP contribution in [0.1, 0.15) is 31.2 Å². The van der Waals surface area contributed by atoms with Gasteiger partial charge in [0.25, 0.3) is 0 Å². The number of likely N-dealkylation sites (tertiary alicyclic amines) is 1. The van der Waals surface area contributed by atoms with Crippen LogP contribution in [-0.2, 0) is 0 Å². The van der Waals surface area contributed by atoms with Gasteiger partial charge in [0.1, 0.15) is 0 Å². The molecule has 1 aromatic heterocycles. The van der Waals surface area contributed by atoms with E-state index in [1.165, 1.54) is 4.90 Å². The first-order valence-corrected chi connectivity index (χ1v) is 8.01. The second kappa shape index (κ2) is 6.45. The molecule has 0 bridgehead atoms. The van der Waals surface area contributed by atoms with Gasteiger partial charge in [-0.25, -0.2) is 4.79 Å². The molecule has 2 heterocycles. The summed E-state index contributed by atoms with van der Waals surface area (Å²) in [5.74, 6) is 0.145. The average Bonchev–Trinajstić information content (AvgIpc) is 2.98. The minimum atomic E-state index is -4.65. The molecule has 124 valence electrons. The number of rotatable bonds is 3. The maximum atomic E-state index is 12.7. The van der Waals surface area contributed by atoms with Crippen LogP contribution in [0.4, 0.5) is 18.0 Å². The normalized spacial score (nSPS) is 19.8. The minimum Gasteiger partial charge on any atom is -0.380 e. The van der Waals surface area contributed by atoms with Crippen molar-refractivity contribution in [2.45, 2.75) is 37.5 Å². The lowest BCUT2D eigenvalue weighted by molar-refractivity contribution is -0.271. The van der Waals surface area contributed by atoms with Gasteiger partial charge < -0.3 is 15.3 Å². The number of nitrogens with one attached hydrogen (secondary N) is 1. The molecule has 1 aliphatic rings. The Kier molecular flexibility index (Phi) is 5.01. The molecule has 1 aromatic rings. The number of halogens is 3. The third kappa shape index (κ3) is 3.73. The number of hydrogen-bond donors (Lipinski definition) is 2. The van der Waals surface area contributed by atoms with Crippen molar-refractivity contribution in [3.05, 3.63) is 22.4 Å². The molecule has 1 saturated heterocycles. The summed E-state index contributed by atoms with van der Waals surface area (Å²) < 4.78 is 38.1. The molecule has 1 fully saturated rings. The summed E-state index contributed by atoms with van der Waals surface area (Å²) in [4.78, 5) is 13.3. The number of urea groups is 1. The van der Waals surface area contributed by atoms with Crippen LogP contribution < -0.4 is 5.32 Å². The zero-order chi connectivity index (χ0) is 16.4. The standard InChI is InChI=1S/C14H19F3N2O2S/c1-10(11-2-7-22-9-11)8-18-12(20)19-5-3-13(21,4-6-19)14(15,16)17/h2,7,9-10,21H,3-6,8H2,1H3,(H,18,20)/t10-/m1/s1. The van der Waals surface area contributed by atoms with Crippen LogP contribution >= 0.6 is 11.3 Å². The molecule has 0 saturated carbocycles. The topological polar surface area (TPSA) is 52.6 Å². The summed E-state index contributed by atoms with van der Waals surface area (Å²) in [6.07, 6.45) is -5.61. The average molecular weight is 336 g/mol. The molecule has 2 amide bonds. The monoisotopic (exact) mass is 336 g/mol. The first-order chi connectivity index (χ1) is 10.2. The highest BCUT2D eigenvalue weighted by atomic mass is 32.1. The van der Waals surface area contributed by atoms with E-state index < -0.39 is 24.6 Å². The number of amides is 2. The molecule has 1 aliphatic heterocycles. The van der Waals surface area contributed by atoms with E-state index in [4.69, 9.17) is 0 Å². The molecular formula is C14H19F3N2O2S. The van der Waals surface area contributed by atoms with Gasteiger partial charge in [-0.3, -0.25) is 0 Å². The van der Waals surface area contributed by atoms with E-state index in [2.05, 4.69) is 5.32 Å². The maximum absolute atomic E-state index is 12.7. The van der Waals surface area contributed by atoms with Gasteiger partial charge in [0.2, 0.25) is 0 Å². The van der Waals surface area contributed by atoms with Crippen molar-refractivity contribution < 1.29 is 23.1 Å². The fourth-order valence-corrected chi connectivity index (χ4v) is 3.17. The van der Waals surface area contributed by atoms with Crippen molar-refractivity contribution >= 4 is 17.4 Å². The van der Waals surface area contributed by atoms with Crippen LogP contribution in [0.15, 0.2) is 16.8 Å². The molecule has 1 atom stereocenters. The molecule has 2 N–H and O–H groups in total. The van der Waals surface area contributed by atoms with Crippen LogP contribution in [0.3, 0.4) is 0 Å². The van der Waals surface area contributed by atoms with Gasteiger partial charge in [-0.2, -0.15) is 24.5 Å². The Labute approximate surface area is 130 Å². The Morgan fingerprint density at radius 3 is 2.64 bits per heavy atom. The summed E-state index contributed by atoms with van der Waals surface area (Å²) in [7, 11) is 0. The first kappa shape index (κ1) is 17.1. The fourth-order valence-electron chi connectivity index (χ4n) is 2.39. The number of alkyl halides is 3. The smallest absolute Gasteiger partial charge is 0.380 e. The summed E-state index contributed by atoms with van der Waals surface area (Å²) in [6, 6.07) is 1.59. The molecule has 0 aliphatic carbocycles. The highest BCUT2D eigenvalue weighted by Gasteiger charge is 2.54. The van der Waals surface area contributed by atoms with Crippen LogP contribution in [0, 0.1) is 0 Å². The van der Waals surface area contributed by atoms with Crippen LogP contribution in [0.2, 0.25) is 0 Å². The fraction of sp³-hybridized carbons (Fsp3) is 0.643. The zero-order valence-electron chi connectivity index (χ0n) is 12.2. The largest absolute Gasteiger partial charge is 0.417 e. The number of carbonyl (C=O) groups excluding carboxylic acids is 1. The van der Waals surface area contributed by atoms with Crippen molar-refractivity contribution in [2.75, 3.05) is 19.6 Å². The van der Waals surface area contributed by atoms with Crippen molar-refractivity contribution in [1.29, 1.82) is 0 Å². The molecule has 4 nitrogen and oxygen atoms in total. The molecule has 22 heavy (non-hydrogen) atoms. The van der Waals surface area contributed by atoms with Crippen molar-refractivity contribution in [2.24, 2.45) is 0 Å². The lowest BCUT2D eigenvalue weighted by Crippen LogP contribution is -2.56. The Hall–Kier alpha value is -1.28. The van der Waals surface area contributed by atoms with Crippen molar-refractivity contribution in [3.63, 3.8) is 0 Å². The first-order valence-electron chi connectivity index (χ1n) is 7.07. The van der Waals surface area contributed by atoms with Gasteiger partial charge in [0, 0.05) is 32.5 Å². The van der Waals surface area contributed by atoms with Crippen LogP contribution in [-0.4, -0.2) is 47.4 Å². The van der Waals surface area contributed by atoms with Gasteiger partial charge in [0.15, 0.2) is 5.60 Å². The van der Waals surface area contributed by atoms with E-state index in [1.807, 2.05) is 23.8 Å². The van der Waals surface area contributed by atoms with E-state index in [0.717, 1.165) is 5.56 Å². The Bertz CT molecular complexity index is 497. The lowest BCUT2D eigenvalue weighted by Gasteiger charge is -2.39. The predicted octanol–water partition coefficient (Wildman–Crippen LogP) is 2.95. The number of thiophene rings is 1. The number of hydrogen-bond acceptors (Lipinski definition) is 3. The van der Waals surface area contributed by atoms with Gasteiger partial charge >= 0.3 is 12.2 Å². The molecular weight excluding hydrogens is 317 g/mol. The minimum absolute atomic E-state index is 0.103. The highest BCUT2D eigenvalue weighted by molar-refractivity contribution is 7.07. The second-order valence-electron chi connectivity index (χ2n) is 5.66. The Morgan fingerprint density at radius 1 is 1.50 bits per heavy atom. The van der Waals surface area contributed by atoms with Gasteiger partial charge in [0.05, 0.1) is 0 Å². The zero-order valence-corrected chi connectivity index (χ0v) is 13.0. The third-order valence-corrected chi connectivity index (χ3v) is 4.78. The SMILES string of the molecule is C[C@H](CNC(=O)N1CCC(O)(C(F)(F)F)CC1)c1ccsc1. The van der Waals surface area contributed by atoms with E-state index in [9.17, 15) is 23.1 Å². The van der Waals surface area contributed by atoms with Crippen LogP contribution in [0.5, 0.6) is 0 Å². The summed E-state index contributed by atoms with van der Waals surface area (Å²) in [5, 5.41) is 16.3. The summed E-state index contributed by atoms with van der Waals surface area (Å²) in [6.45, 7) is 2.19. The van der Waals surface area contributed by atoms with E-state index in [-0.39, 0.29) is 25.0 Å². The van der Waals surface area contributed by atoms with E-state index >= 15 is 0 Å². The maximum Gasteiger partial charge on any atom is 0.417 e. The predicted molar refractivity (Wildman–Crippen MR) is 77.9 cm³/mol. The molecule has 0 radical (unpaired) electrons. The number of carbonyl (C=O) groups is 1. The highest BCUT2D eigenvalue weighted by Crippen LogP contribution is 2.38. The molecule has 0 unspecified atom stereocenters. The third-order valence-electron chi connectivity index (χ3n) is 4.08. The lowest BCUT2D eigenvalue weighted by atomic mass is 9.91. The molecule has 8 heteroatoms. The van der Waals surface area contributed by atoms with Gasteiger partial charge in [-0.05, 0) is 28.3 Å². The number of piperidine rings is 1. The van der Waals surface area contributed by atoms with E-state index in [0.29, 0.717) is 6.54 Å². The van der Waals surface area contributed by atoms with Gasteiger partial charge in [-0.1, -0.05) is 6.92 Å². The molecule has 0 aromatic carbocycles. The molecule has 2 rings (SSSR count). The quantitative estimate of drug-likeness (QED) is 0.892. The van der Waals surface area contributed by atoms with E-state index in [1.54, 1.807) is 11.3 Å². The summed E-state index contributed by atoms with van der Waals surface area (Å²) >= 11 is 1.57. The Morgan fingerprint density at radius 2 is 2.14 bits per heavy atom. The number of nitrogens with zero attached hydrogens (tertiary/aromatic N) is 1. The van der Waals surface area contributed by atoms with Crippen LogP contribution in [0.25, 0.3) is 0 Å². The molecule has 0 spiro atoms. The van der Waals surface area contributed by atoms with Crippen molar-refractivity contribution in [3.8, 4) is 0 Å². The number of aliphatic hydroxyl groups is 1. The van der Waals surface area contributed by atoms with Crippen molar-refractivity contribution in [1.82, 2.24) is 10.2 Å². The Balaban J connectivity index is 1.80. The van der Waals surface area contributed by atoms with Gasteiger partial charge in [-0.15, -0.1) is 0 Å². The summed E-state index contributed by atoms with van der Waals surface area (Å²) in [5.41, 5.74) is -1.55. The second-order valence-corrected chi connectivity index (χ2v) is 6.44.